The lowest BCUT2D eigenvalue weighted by Crippen LogP contribution is -2.51. The number of hydrogen-bond donors (Lipinski definition) is 3. The summed E-state index contributed by atoms with van der Waals surface area (Å²) in [7, 11) is 0. The van der Waals surface area contributed by atoms with Gasteiger partial charge in [-0.1, -0.05) is 28.1 Å². The van der Waals surface area contributed by atoms with E-state index >= 15 is 0 Å². The lowest BCUT2D eigenvalue weighted by molar-refractivity contribution is -0.111. The number of allylic oxidation sites excluding steroid dienone is 1. The van der Waals surface area contributed by atoms with Crippen molar-refractivity contribution in [2.45, 2.75) is 18.9 Å². The number of benzene rings is 1. The van der Waals surface area contributed by atoms with Gasteiger partial charge in [-0.15, -0.1) is 0 Å². The molecule has 2 aliphatic rings. The van der Waals surface area contributed by atoms with Gasteiger partial charge in [-0.2, -0.15) is 0 Å². The normalized spacial score (nSPS) is 17.8. The molecule has 0 radical (unpaired) electrons. The quantitative estimate of drug-likeness (QED) is 0.376. The van der Waals surface area contributed by atoms with Crippen molar-refractivity contribution < 1.29 is 9.59 Å². The number of anilines is 2. The van der Waals surface area contributed by atoms with Crippen molar-refractivity contribution in [1.29, 1.82) is 5.41 Å². The van der Waals surface area contributed by atoms with Crippen molar-refractivity contribution in [3.05, 3.63) is 47.8 Å². The average Bonchev–Trinajstić information content (AvgIpc) is 3.45. The summed E-state index contributed by atoms with van der Waals surface area (Å²) in [5.74, 6) is -0.000525. The molecule has 0 unspecified atom stereocenters. The third kappa shape index (κ3) is 3.80. The van der Waals surface area contributed by atoms with Crippen molar-refractivity contribution in [1.82, 2.24) is 4.90 Å². The Hall–Kier alpha value is -2.61. The molecule has 8 heteroatoms. The van der Waals surface area contributed by atoms with Crippen LogP contribution in [0.25, 0.3) is 0 Å². The standard InChI is InChI=1S/C18H20BrN5O2/c19-8-2-5-16(25)22-13-3-1-4-15(9-13)24-17(21)12(10-20)11-23(18(24)26)14-6-7-14/h1-5,9-10,14,20H,6-8,11,21H2,(H,22,25)/b5-2+,20-10?. The predicted molar refractivity (Wildman–Crippen MR) is 106 cm³/mol. The molecule has 1 fully saturated rings. The molecule has 0 aromatic heterocycles. The fourth-order valence-corrected chi connectivity index (χ4v) is 2.99. The number of hydrogen-bond acceptors (Lipinski definition) is 4. The molecule has 4 N–H and O–H groups in total. The van der Waals surface area contributed by atoms with Crippen LogP contribution >= 0.6 is 15.9 Å². The highest BCUT2D eigenvalue weighted by molar-refractivity contribution is 9.09. The van der Waals surface area contributed by atoms with Gasteiger partial charge in [0.1, 0.15) is 5.82 Å². The molecule has 0 bridgehead atoms. The molecular weight excluding hydrogens is 398 g/mol. The molecule has 136 valence electrons. The predicted octanol–water partition coefficient (Wildman–Crippen LogP) is 2.80. The molecule has 0 atom stereocenters. The summed E-state index contributed by atoms with van der Waals surface area (Å²) < 4.78 is 0. The van der Waals surface area contributed by atoms with Crippen LogP contribution < -0.4 is 16.0 Å². The number of alkyl halides is 1. The highest BCUT2D eigenvalue weighted by Gasteiger charge is 2.40. The van der Waals surface area contributed by atoms with Gasteiger partial charge >= 0.3 is 6.03 Å². The molecule has 3 rings (SSSR count). The summed E-state index contributed by atoms with van der Waals surface area (Å²) in [5.41, 5.74) is 7.88. The average molecular weight is 418 g/mol. The number of carbonyl (C=O) groups is 2. The van der Waals surface area contributed by atoms with Gasteiger partial charge in [0.15, 0.2) is 0 Å². The zero-order valence-electron chi connectivity index (χ0n) is 14.1. The minimum atomic E-state index is -0.255. The second-order valence-corrected chi connectivity index (χ2v) is 6.78. The van der Waals surface area contributed by atoms with Gasteiger partial charge in [0.2, 0.25) is 5.91 Å². The van der Waals surface area contributed by atoms with Crippen LogP contribution in [0.1, 0.15) is 12.8 Å². The highest BCUT2D eigenvalue weighted by atomic mass is 79.9. The second-order valence-electron chi connectivity index (χ2n) is 6.13. The van der Waals surface area contributed by atoms with E-state index in [0.29, 0.717) is 28.8 Å². The Balaban J connectivity index is 1.89. The van der Waals surface area contributed by atoms with Gasteiger partial charge < -0.3 is 21.4 Å². The minimum absolute atomic E-state index is 0.196. The van der Waals surface area contributed by atoms with E-state index in [2.05, 4.69) is 21.2 Å². The van der Waals surface area contributed by atoms with Gasteiger partial charge in [-0.25, -0.2) is 9.69 Å². The maximum Gasteiger partial charge on any atom is 0.330 e. The Kier molecular flexibility index (Phi) is 5.41. The van der Waals surface area contributed by atoms with Crippen molar-refractivity contribution in [2.75, 3.05) is 22.1 Å². The third-order valence-electron chi connectivity index (χ3n) is 4.24. The molecule has 1 saturated carbocycles. The number of amides is 3. The first-order valence-electron chi connectivity index (χ1n) is 8.28. The van der Waals surface area contributed by atoms with Gasteiger partial charge in [-0.3, -0.25) is 4.79 Å². The fourth-order valence-electron chi connectivity index (χ4n) is 2.81. The Morgan fingerprint density at radius 1 is 1.42 bits per heavy atom. The van der Waals surface area contributed by atoms with E-state index in [-0.39, 0.29) is 23.8 Å². The fraction of sp³-hybridized carbons (Fsp3) is 0.278. The Bertz CT molecular complexity index is 801. The lowest BCUT2D eigenvalue weighted by atomic mass is 10.1. The van der Waals surface area contributed by atoms with Gasteiger partial charge in [0.05, 0.1) is 12.2 Å². The van der Waals surface area contributed by atoms with E-state index in [9.17, 15) is 9.59 Å². The number of rotatable bonds is 6. The van der Waals surface area contributed by atoms with Gasteiger partial charge in [0, 0.05) is 34.9 Å². The lowest BCUT2D eigenvalue weighted by Gasteiger charge is -2.36. The Morgan fingerprint density at radius 2 is 2.19 bits per heavy atom. The number of nitrogens with two attached hydrogens (primary N) is 1. The van der Waals surface area contributed by atoms with Crippen molar-refractivity contribution >= 4 is 45.5 Å². The minimum Gasteiger partial charge on any atom is -0.384 e. The first-order chi connectivity index (χ1) is 12.5. The van der Waals surface area contributed by atoms with Crippen LogP contribution in [-0.4, -0.2) is 41.0 Å². The summed E-state index contributed by atoms with van der Waals surface area (Å²) in [6.07, 6.45) is 6.27. The topological polar surface area (TPSA) is 103 Å². The molecule has 0 spiro atoms. The summed E-state index contributed by atoms with van der Waals surface area (Å²) in [6, 6.07) is 6.96. The van der Waals surface area contributed by atoms with E-state index in [1.54, 1.807) is 35.2 Å². The number of urea groups is 1. The van der Waals surface area contributed by atoms with Crippen LogP contribution in [0.3, 0.4) is 0 Å². The molecule has 1 aliphatic carbocycles. The largest absolute Gasteiger partial charge is 0.384 e. The van der Waals surface area contributed by atoms with Crippen LogP contribution in [-0.2, 0) is 4.79 Å². The van der Waals surface area contributed by atoms with Crippen LogP contribution in [0.2, 0.25) is 0 Å². The summed E-state index contributed by atoms with van der Waals surface area (Å²) in [5, 5.41) is 10.9. The van der Waals surface area contributed by atoms with Gasteiger partial charge in [0.25, 0.3) is 0 Å². The second kappa shape index (κ2) is 7.74. The Labute approximate surface area is 160 Å². The zero-order valence-corrected chi connectivity index (χ0v) is 15.7. The molecule has 1 aliphatic heterocycles. The smallest absolute Gasteiger partial charge is 0.330 e. The van der Waals surface area contributed by atoms with Crippen molar-refractivity contribution in [3.8, 4) is 0 Å². The molecule has 1 aromatic rings. The van der Waals surface area contributed by atoms with E-state index in [1.165, 1.54) is 17.2 Å². The first kappa shape index (κ1) is 18.2. The molecular formula is C18H20BrN5O2. The summed E-state index contributed by atoms with van der Waals surface area (Å²) >= 11 is 3.22. The maximum absolute atomic E-state index is 12.9. The first-order valence-corrected chi connectivity index (χ1v) is 9.40. The number of carbonyl (C=O) groups excluding carboxylic acids is 2. The monoisotopic (exact) mass is 417 g/mol. The van der Waals surface area contributed by atoms with Crippen molar-refractivity contribution in [2.24, 2.45) is 5.73 Å². The van der Waals surface area contributed by atoms with Crippen LogP contribution in [0.15, 0.2) is 47.8 Å². The molecule has 1 heterocycles. The third-order valence-corrected chi connectivity index (χ3v) is 4.61. The number of halogens is 1. The number of nitrogens with one attached hydrogen (secondary N) is 2. The van der Waals surface area contributed by atoms with E-state index in [1.807, 2.05) is 0 Å². The molecule has 0 saturated heterocycles. The van der Waals surface area contributed by atoms with Crippen LogP contribution in [0.5, 0.6) is 0 Å². The Morgan fingerprint density at radius 3 is 2.85 bits per heavy atom. The number of nitrogens with zero attached hydrogens (tertiary/aromatic N) is 2. The maximum atomic E-state index is 12.9. The molecule has 26 heavy (non-hydrogen) atoms. The van der Waals surface area contributed by atoms with E-state index in [0.717, 1.165) is 12.8 Å². The summed E-state index contributed by atoms with van der Waals surface area (Å²) in [6.45, 7) is 0.364. The van der Waals surface area contributed by atoms with Crippen LogP contribution in [0, 0.1) is 5.41 Å². The van der Waals surface area contributed by atoms with Crippen LogP contribution in [0.4, 0.5) is 16.2 Å². The van der Waals surface area contributed by atoms with Gasteiger partial charge in [-0.05, 0) is 31.0 Å². The van der Waals surface area contributed by atoms with Crippen molar-refractivity contribution in [3.63, 3.8) is 0 Å². The molecule has 7 nitrogen and oxygen atoms in total. The SMILES string of the molecule is N=CC1=C(N)N(c2cccc(NC(=O)/C=C/CBr)c2)C(=O)N(C2CC2)C1. The molecule has 3 amide bonds. The zero-order chi connectivity index (χ0) is 18.7. The molecule has 1 aromatic carbocycles. The highest BCUT2D eigenvalue weighted by Crippen LogP contribution is 2.34. The van der Waals surface area contributed by atoms with E-state index < -0.39 is 0 Å². The van der Waals surface area contributed by atoms with E-state index in [4.69, 9.17) is 11.1 Å². The summed E-state index contributed by atoms with van der Waals surface area (Å²) in [4.78, 5) is 27.9.